The van der Waals surface area contributed by atoms with Crippen molar-refractivity contribution in [1.29, 1.82) is 0 Å². The first-order chi connectivity index (χ1) is 9.68. The van der Waals surface area contributed by atoms with Gasteiger partial charge in [0.25, 0.3) is 0 Å². The molecular formula is C16H11NO3. The smallest absolute Gasteiger partial charge is 0.336 e. The number of nitrogens with zero attached hydrogens (tertiary/aromatic N) is 1. The third-order valence-electron chi connectivity index (χ3n) is 3.21. The first kappa shape index (κ1) is 12.2. The molecule has 0 aliphatic carbocycles. The van der Waals surface area contributed by atoms with Gasteiger partial charge < -0.3 is 10.3 Å². The quantitative estimate of drug-likeness (QED) is 0.572. The first-order valence-electron chi connectivity index (χ1n) is 6.12. The highest BCUT2D eigenvalue weighted by Crippen LogP contribution is 2.23. The number of carbonyl (C=O) groups is 1. The largest absolute Gasteiger partial charge is 0.618 e. The molecule has 4 nitrogen and oxygen atoms in total. The lowest BCUT2D eigenvalue weighted by Gasteiger charge is -2.09. The number of aromatic carboxylic acids is 1. The number of pyridine rings is 1. The second-order valence-electron chi connectivity index (χ2n) is 4.43. The summed E-state index contributed by atoms with van der Waals surface area (Å²) in [6.07, 6.45) is 0. The maximum atomic E-state index is 12.4. The van der Waals surface area contributed by atoms with E-state index in [1.165, 1.54) is 6.07 Å². The highest BCUT2D eigenvalue weighted by atomic mass is 16.5. The molecule has 0 radical (unpaired) electrons. The van der Waals surface area contributed by atoms with E-state index in [9.17, 15) is 15.1 Å². The lowest BCUT2D eigenvalue weighted by Crippen LogP contribution is -2.31. The van der Waals surface area contributed by atoms with E-state index in [4.69, 9.17) is 0 Å². The molecule has 0 fully saturated rings. The summed E-state index contributed by atoms with van der Waals surface area (Å²) in [5.41, 5.74) is 1.51. The van der Waals surface area contributed by atoms with Crippen molar-refractivity contribution in [1.82, 2.24) is 0 Å². The van der Waals surface area contributed by atoms with Crippen LogP contribution in [0.4, 0.5) is 0 Å². The number of rotatable bonds is 2. The molecule has 1 aromatic heterocycles. The van der Waals surface area contributed by atoms with Crippen molar-refractivity contribution in [2.45, 2.75) is 0 Å². The minimum Gasteiger partial charge on any atom is -0.618 e. The van der Waals surface area contributed by atoms with Crippen LogP contribution >= 0.6 is 0 Å². The van der Waals surface area contributed by atoms with Crippen molar-refractivity contribution >= 4 is 16.9 Å². The van der Waals surface area contributed by atoms with Crippen molar-refractivity contribution < 1.29 is 14.6 Å². The average Bonchev–Trinajstić information content (AvgIpc) is 2.48. The molecule has 0 atom stereocenters. The van der Waals surface area contributed by atoms with Crippen LogP contribution in [0.3, 0.4) is 0 Å². The van der Waals surface area contributed by atoms with Crippen LogP contribution in [-0.4, -0.2) is 11.1 Å². The van der Waals surface area contributed by atoms with Crippen LogP contribution in [0.25, 0.3) is 22.2 Å². The van der Waals surface area contributed by atoms with Gasteiger partial charge in [0.2, 0.25) is 11.2 Å². The highest BCUT2D eigenvalue weighted by Gasteiger charge is 2.19. The van der Waals surface area contributed by atoms with Crippen molar-refractivity contribution in [2.24, 2.45) is 0 Å². The number of para-hydroxylation sites is 1. The van der Waals surface area contributed by atoms with E-state index in [2.05, 4.69) is 0 Å². The maximum Gasteiger partial charge on any atom is 0.336 e. The molecule has 0 unspecified atom stereocenters. The maximum absolute atomic E-state index is 12.4. The van der Waals surface area contributed by atoms with Crippen LogP contribution in [0.1, 0.15) is 10.4 Å². The van der Waals surface area contributed by atoms with Gasteiger partial charge in [0.05, 0.1) is 10.9 Å². The predicted molar refractivity (Wildman–Crippen MR) is 75.3 cm³/mol. The van der Waals surface area contributed by atoms with Gasteiger partial charge in [0.1, 0.15) is 0 Å². The Bertz CT molecular complexity index is 797. The molecule has 0 aliphatic heterocycles. The first-order valence-corrected chi connectivity index (χ1v) is 6.12. The van der Waals surface area contributed by atoms with Gasteiger partial charge in [0.15, 0.2) is 0 Å². The zero-order chi connectivity index (χ0) is 14.1. The van der Waals surface area contributed by atoms with Gasteiger partial charge in [-0.25, -0.2) is 4.79 Å². The van der Waals surface area contributed by atoms with Crippen LogP contribution in [0.5, 0.6) is 0 Å². The summed E-state index contributed by atoms with van der Waals surface area (Å²) in [5, 5.41) is 22.2. The van der Waals surface area contributed by atoms with Gasteiger partial charge in [-0.3, -0.25) is 0 Å². The Hall–Kier alpha value is -2.88. The number of hydrogen-bond acceptors (Lipinski definition) is 2. The van der Waals surface area contributed by atoms with Gasteiger partial charge in [0, 0.05) is 17.7 Å². The van der Waals surface area contributed by atoms with E-state index in [0.717, 1.165) is 4.73 Å². The molecule has 3 rings (SSSR count). The summed E-state index contributed by atoms with van der Waals surface area (Å²) in [6, 6.07) is 17.2. The highest BCUT2D eigenvalue weighted by molar-refractivity contribution is 6.02. The molecule has 0 saturated carbocycles. The predicted octanol–water partition coefficient (Wildman–Crippen LogP) is 2.84. The van der Waals surface area contributed by atoms with E-state index < -0.39 is 5.97 Å². The summed E-state index contributed by atoms with van der Waals surface area (Å²) in [7, 11) is 0. The summed E-state index contributed by atoms with van der Waals surface area (Å²) in [5.74, 6) is -1.04. The lowest BCUT2D eigenvalue weighted by atomic mass is 10.0. The standard InChI is InChI=1S/C16H11NO3/c18-16(19)13-10-15(11-6-2-1-3-7-11)17(20)14-9-5-4-8-12(13)14/h1-10H,(H,18,19). The Morgan fingerprint density at radius 1 is 1.00 bits per heavy atom. The number of aromatic nitrogens is 1. The Morgan fingerprint density at radius 2 is 1.65 bits per heavy atom. The van der Waals surface area contributed by atoms with E-state index in [1.54, 1.807) is 36.4 Å². The summed E-state index contributed by atoms with van der Waals surface area (Å²) < 4.78 is 0.775. The Kier molecular flexibility index (Phi) is 2.84. The Balaban J connectivity index is 2.40. The number of hydrogen-bond donors (Lipinski definition) is 1. The molecule has 0 amide bonds. The van der Waals surface area contributed by atoms with E-state index in [1.807, 2.05) is 18.2 Å². The van der Waals surface area contributed by atoms with E-state index in [0.29, 0.717) is 22.2 Å². The molecule has 98 valence electrons. The van der Waals surface area contributed by atoms with Gasteiger partial charge in [-0.05, 0) is 18.2 Å². The monoisotopic (exact) mass is 265 g/mol. The van der Waals surface area contributed by atoms with Crippen LogP contribution in [0.2, 0.25) is 0 Å². The van der Waals surface area contributed by atoms with E-state index in [-0.39, 0.29) is 5.56 Å². The Labute approximate surface area is 115 Å². The van der Waals surface area contributed by atoms with Gasteiger partial charge in [-0.15, -0.1) is 0 Å². The van der Waals surface area contributed by atoms with Crippen LogP contribution in [0, 0.1) is 5.21 Å². The SMILES string of the molecule is O=C(O)c1cc(-c2ccccc2)[n+]([O-])c2ccccc12. The third-order valence-corrected chi connectivity index (χ3v) is 3.21. The molecule has 4 heteroatoms. The lowest BCUT2D eigenvalue weighted by molar-refractivity contribution is -0.565. The number of carboxylic acids is 1. The molecule has 0 aliphatic rings. The van der Waals surface area contributed by atoms with Crippen molar-refractivity contribution in [3.05, 3.63) is 71.4 Å². The molecule has 0 bridgehead atoms. The van der Waals surface area contributed by atoms with E-state index >= 15 is 0 Å². The minimum absolute atomic E-state index is 0.131. The van der Waals surface area contributed by atoms with Crippen LogP contribution in [-0.2, 0) is 0 Å². The number of benzene rings is 2. The van der Waals surface area contributed by atoms with Crippen molar-refractivity contribution in [3.63, 3.8) is 0 Å². The topological polar surface area (TPSA) is 64.2 Å². The second kappa shape index (κ2) is 4.66. The van der Waals surface area contributed by atoms with Gasteiger partial charge in [-0.2, -0.15) is 4.73 Å². The van der Waals surface area contributed by atoms with Gasteiger partial charge >= 0.3 is 5.97 Å². The molecule has 1 N–H and O–H groups in total. The van der Waals surface area contributed by atoms with Crippen molar-refractivity contribution in [3.8, 4) is 11.3 Å². The van der Waals surface area contributed by atoms with Crippen LogP contribution < -0.4 is 4.73 Å². The molecular weight excluding hydrogens is 254 g/mol. The Morgan fingerprint density at radius 3 is 2.35 bits per heavy atom. The third kappa shape index (κ3) is 1.87. The zero-order valence-electron chi connectivity index (χ0n) is 10.5. The molecule has 0 saturated heterocycles. The summed E-state index contributed by atoms with van der Waals surface area (Å²) >= 11 is 0. The summed E-state index contributed by atoms with van der Waals surface area (Å²) in [4.78, 5) is 11.4. The van der Waals surface area contributed by atoms with Crippen molar-refractivity contribution in [2.75, 3.05) is 0 Å². The number of fused-ring (bicyclic) bond motifs is 1. The fourth-order valence-electron chi connectivity index (χ4n) is 2.27. The fourth-order valence-corrected chi connectivity index (χ4v) is 2.27. The normalized spacial score (nSPS) is 10.6. The summed E-state index contributed by atoms with van der Waals surface area (Å²) in [6.45, 7) is 0. The van der Waals surface area contributed by atoms with Crippen LogP contribution in [0.15, 0.2) is 60.7 Å². The molecule has 3 aromatic rings. The molecule has 2 aromatic carbocycles. The zero-order valence-corrected chi connectivity index (χ0v) is 10.5. The second-order valence-corrected chi connectivity index (χ2v) is 4.43. The molecule has 20 heavy (non-hydrogen) atoms. The number of carboxylic acid groups (broad SMARTS) is 1. The fraction of sp³-hybridized carbons (Fsp3) is 0. The molecule has 1 heterocycles. The minimum atomic E-state index is -1.04. The molecule has 0 spiro atoms. The van der Waals surface area contributed by atoms with Gasteiger partial charge in [-0.1, -0.05) is 30.3 Å². The average molecular weight is 265 g/mol.